The smallest absolute Gasteiger partial charge is 0.0644 e. The third-order valence-corrected chi connectivity index (χ3v) is 3.42. The maximum absolute atomic E-state index is 5.92. The molecular weight excluding hydrogens is 206 g/mol. The molecule has 0 radical (unpaired) electrons. The van der Waals surface area contributed by atoms with Crippen molar-refractivity contribution in [3.05, 3.63) is 17.0 Å². The highest BCUT2D eigenvalue weighted by Gasteiger charge is 2.13. The summed E-state index contributed by atoms with van der Waals surface area (Å²) in [4.78, 5) is 0. The molecule has 1 unspecified atom stereocenters. The minimum atomic E-state index is 0.0811. The normalized spacial score (nSPS) is 13.1. The van der Waals surface area contributed by atoms with Gasteiger partial charge in [0.05, 0.1) is 12.2 Å². The Balaban J connectivity index is 2.77. The van der Waals surface area contributed by atoms with Crippen molar-refractivity contribution in [3.8, 4) is 0 Å². The molecule has 4 heteroatoms. The van der Waals surface area contributed by atoms with Crippen LogP contribution in [0.2, 0.25) is 0 Å². The zero-order chi connectivity index (χ0) is 11.4. The van der Waals surface area contributed by atoms with E-state index in [0.29, 0.717) is 0 Å². The van der Waals surface area contributed by atoms with Crippen LogP contribution in [0.25, 0.3) is 0 Å². The molecule has 1 rings (SSSR count). The number of nitrogens with zero attached hydrogens (tertiary/aromatic N) is 2. The van der Waals surface area contributed by atoms with E-state index < -0.39 is 0 Å². The van der Waals surface area contributed by atoms with E-state index in [4.69, 9.17) is 5.73 Å². The first-order valence-corrected chi connectivity index (χ1v) is 6.60. The standard InChI is InChI=1S/C11H21N3S/c1-5-15-7-6-14-10(4)11(8(2)12)9(3)13-14/h8H,5-7,12H2,1-4H3. The van der Waals surface area contributed by atoms with Gasteiger partial charge in [-0.2, -0.15) is 16.9 Å². The molecule has 0 aliphatic rings. The summed E-state index contributed by atoms with van der Waals surface area (Å²) in [5, 5.41) is 4.53. The molecule has 0 saturated carbocycles. The molecule has 1 aromatic rings. The minimum absolute atomic E-state index is 0.0811. The summed E-state index contributed by atoms with van der Waals surface area (Å²) in [5.41, 5.74) is 9.42. The molecule has 0 aliphatic carbocycles. The SMILES string of the molecule is CCSCCn1nc(C)c(C(C)N)c1C. The third-order valence-electron chi connectivity index (χ3n) is 2.54. The van der Waals surface area contributed by atoms with E-state index in [0.717, 1.165) is 18.0 Å². The van der Waals surface area contributed by atoms with E-state index in [1.165, 1.54) is 17.0 Å². The highest BCUT2D eigenvalue weighted by atomic mass is 32.2. The molecule has 0 spiro atoms. The summed E-state index contributed by atoms with van der Waals surface area (Å²) >= 11 is 1.94. The Hall–Kier alpha value is -0.480. The van der Waals surface area contributed by atoms with Gasteiger partial charge in [0.15, 0.2) is 0 Å². The first kappa shape index (κ1) is 12.6. The molecule has 0 saturated heterocycles. The average Bonchev–Trinajstić information content (AvgIpc) is 2.42. The monoisotopic (exact) mass is 227 g/mol. The zero-order valence-corrected chi connectivity index (χ0v) is 10.9. The van der Waals surface area contributed by atoms with Crippen LogP contribution in [0.1, 0.15) is 36.8 Å². The minimum Gasteiger partial charge on any atom is -0.324 e. The number of nitrogens with two attached hydrogens (primary N) is 1. The van der Waals surface area contributed by atoms with Crippen LogP contribution in [-0.4, -0.2) is 21.3 Å². The molecule has 0 fully saturated rings. The van der Waals surface area contributed by atoms with Crippen molar-refractivity contribution < 1.29 is 0 Å². The van der Waals surface area contributed by atoms with Crippen LogP contribution in [0.4, 0.5) is 0 Å². The molecule has 1 aromatic heterocycles. The Kier molecular flexibility index (Phi) is 4.67. The van der Waals surface area contributed by atoms with Gasteiger partial charge in [-0.1, -0.05) is 6.92 Å². The number of hydrogen-bond acceptors (Lipinski definition) is 3. The summed E-state index contributed by atoms with van der Waals surface area (Å²) < 4.78 is 2.08. The predicted octanol–water partition coefficient (Wildman–Crippen LogP) is 2.27. The van der Waals surface area contributed by atoms with Gasteiger partial charge in [-0.15, -0.1) is 0 Å². The van der Waals surface area contributed by atoms with Gasteiger partial charge < -0.3 is 5.73 Å². The van der Waals surface area contributed by atoms with Gasteiger partial charge in [-0.25, -0.2) is 0 Å². The first-order valence-electron chi connectivity index (χ1n) is 5.45. The molecule has 1 heterocycles. The number of rotatable bonds is 5. The van der Waals surface area contributed by atoms with Crippen molar-refractivity contribution in [1.82, 2.24) is 9.78 Å². The third kappa shape index (κ3) is 2.98. The molecule has 0 aliphatic heterocycles. The van der Waals surface area contributed by atoms with Crippen LogP contribution in [-0.2, 0) is 6.54 Å². The highest BCUT2D eigenvalue weighted by Crippen LogP contribution is 2.19. The molecule has 0 aromatic carbocycles. The molecule has 0 bridgehead atoms. The van der Waals surface area contributed by atoms with Gasteiger partial charge >= 0.3 is 0 Å². The van der Waals surface area contributed by atoms with Gasteiger partial charge in [0.1, 0.15) is 0 Å². The summed E-state index contributed by atoms with van der Waals surface area (Å²) in [6.45, 7) is 9.32. The fourth-order valence-corrected chi connectivity index (χ4v) is 2.47. The first-order chi connectivity index (χ1) is 7.07. The quantitative estimate of drug-likeness (QED) is 0.785. The van der Waals surface area contributed by atoms with E-state index in [1.54, 1.807) is 0 Å². The number of aryl methyl sites for hydroxylation is 2. The summed E-state index contributed by atoms with van der Waals surface area (Å²) in [6.07, 6.45) is 0. The van der Waals surface area contributed by atoms with Crippen molar-refractivity contribution in [2.45, 2.75) is 40.3 Å². The summed E-state index contributed by atoms with van der Waals surface area (Å²) in [5.74, 6) is 2.29. The number of thioether (sulfide) groups is 1. The number of hydrogen-bond donors (Lipinski definition) is 1. The maximum atomic E-state index is 5.92. The Morgan fingerprint density at radius 1 is 1.47 bits per heavy atom. The predicted molar refractivity (Wildman–Crippen MR) is 67.3 cm³/mol. The highest BCUT2D eigenvalue weighted by molar-refractivity contribution is 7.99. The second kappa shape index (κ2) is 5.56. The Morgan fingerprint density at radius 2 is 2.13 bits per heavy atom. The van der Waals surface area contributed by atoms with Crippen LogP contribution in [0.3, 0.4) is 0 Å². The van der Waals surface area contributed by atoms with Crippen molar-refractivity contribution in [3.63, 3.8) is 0 Å². The van der Waals surface area contributed by atoms with Crippen molar-refractivity contribution in [2.75, 3.05) is 11.5 Å². The van der Waals surface area contributed by atoms with Crippen LogP contribution < -0.4 is 5.73 Å². The largest absolute Gasteiger partial charge is 0.324 e. The van der Waals surface area contributed by atoms with Crippen LogP contribution in [0, 0.1) is 13.8 Å². The van der Waals surface area contributed by atoms with E-state index in [-0.39, 0.29) is 6.04 Å². The van der Waals surface area contributed by atoms with Gasteiger partial charge in [-0.05, 0) is 26.5 Å². The van der Waals surface area contributed by atoms with Crippen molar-refractivity contribution in [2.24, 2.45) is 5.73 Å². The number of aromatic nitrogens is 2. The lowest BCUT2D eigenvalue weighted by Crippen LogP contribution is -2.09. The second-order valence-electron chi connectivity index (χ2n) is 3.79. The summed E-state index contributed by atoms with van der Waals surface area (Å²) in [6, 6.07) is 0.0811. The van der Waals surface area contributed by atoms with Gasteiger partial charge in [0.2, 0.25) is 0 Å². The van der Waals surface area contributed by atoms with E-state index in [2.05, 4.69) is 23.6 Å². The molecule has 2 N–H and O–H groups in total. The lowest BCUT2D eigenvalue weighted by Gasteiger charge is -2.07. The molecule has 15 heavy (non-hydrogen) atoms. The van der Waals surface area contributed by atoms with Crippen molar-refractivity contribution in [1.29, 1.82) is 0 Å². The second-order valence-corrected chi connectivity index (χ2v) is 5.19. The van der Waals surface area contributed by atoms with Crippen LogP contribution in [0.5, 0.6) is 0 Å². The molecule has 0 amide bonds. The van der Waals surface area contributed by atoms with Gasteiger partial charge in [0, 0.05) is 23.1 Å². The average molecular weight is 227 g/mol. The zero-order valence-electron chi connectivity index (χ0n) is 10.1. The van der Waals surface area contributed by atoms with E-state index in [1.807, 2.05) is 25.6 Å². The lowest BCUT2D eigenvalue weighted by molar-refractivity contribution is 0.638. The Morgan fingerprint density at radius 3 is 2.60 bits per heavy atom. The van der Waals surface area contributed by atoms with E-state index >= 15 is 0 Å². The molecule has 86 valence electrons. The Labute approximate surface area is 96.4 Å². The maximum Gasteiger partial charge on any atom is 0.0644 e. The Bertz CT molecular complexity index is 318. The topological polar surface area (TPSA) is 43.8 Å². The molecule has 3 nitrogen and oxygen atoms in total. The summed E-state index contributed by atoms with van der Waals surface area (Å²) in [7, 11) is 0. The lowest BCUT2D eigenvalue weighted by atomic mass is 10.1. The molecule has 1 atom stereocenters. The molecular formula is C11H21N3S. The van der Waals surface area contributed by atoms with Crippen LogP contribution >= 0.6 is 11.8 Å². The van der Waals surface area contributed by atoms with E-state index in [9.17, 15) is 0 Å². The fourth-order valence-electron chi connectivity index (χ4n) is 1.88. The van der Waals surface area contributed by atoms with Gasteiger partial charge in [0.25, 0.3) is 0 Å². The fraction of sp³-hybridized carbons (Fsp3) is 0.727. The van der Waals surface area contributed by atoms with Gasteiger partial charge in [-0.3, -0.25) is 4.68 Å². The van der Waals surface area contributed by atoms with Crippen LogP contribution in [0.15, 0.2) is 0 Å². The van der Waals surface area contributed by atoms with Crippen molar-refractivity contribution >= 4 is 11.8 Å².